The Morgan fingerprint density at radius 1 is 1.43 bits per heavy atom. The topological polar surface area (TPSA) is 109 Å². The number of carboxylic acid groups (broad SMARTS) is 1. The van der Waals surface area contributed by atoms with Gasteiger partial charge in [-0.25, -0.2) is 4.98 Å². The first-order valence-electron chi connectivity index (χ1n) is 5.84. The zero-order valence-electron chi connectivity index (χ0n) is 11.0. The van der Waals surface area contributed by atoms with Crippen LogP contribution in [-0.2, 0) is 11.2 Å². The molecule has 1 aromatic carbocycles. The Morgan fingerprint density at radius 2 is 2.19 bits per heavy atom. The highest BCUT2D eigenvalue weighted by Gasteiger charge is 2.14. The van der Waals surface area contributed by atoms with E-state index in [1.807, 2.05) is 0 Å². The molecule has 0 fully saturated rings. The van der Waals surface area contributed by atoms with Gasteiger partial charge in [0, 0.05) is 11.4 Å². The van der Waals surface area contributed by atoms with E-state index in [4.69, 9.17) is 9.84 Å². The van der Waals surface area contributed by atoms with E-state index in [2.05, 4.69) is 10.3 Å². The molecule has 21 heavy (non-hydrogen) atoms. The van der Waals surface area contributed by atoms with E-state index in [9.17, 15) is 14.7 Å². The van der Waals surface area contributed by atoms with E-state index in [0.717, 1.165) is 11.3 Å². The lowest BCUT2D eigenvalue weighted by atomic mass is 10.2. The lowest BCUT2D eigenvalue weighted by Crippen LogP contribution is -2.12. The van der Waals surface area contributed by atoms with E-state index in [1.165, 1.54) is 19.2 Å². The maximum Gasteiger partial charge on any atom is 0.309 e. The van der Waals surface area contributed by atoms with Crippen LogP contribution in [0.4, 0.5) is 5.13 Å². The van der Waals surface area contributed by atoms with Gasteiger partial charge in [-0.2, -0.15) is 0 Å². The number of aliphatic carboxylic acids is 1. The number of anilines is 1. The van der Waals surface area contributed by atoms with Crippen LogP contribution in [0.3, 0.4) is 0 Å². The molecule has 7 nitrogen and oxygen atoms in total. The zero-order valence-corrected chi connectivity index (χ0v) is 11.8. The van der Waals surface area contributed by atoms with Crippen molar-refractivity contribution in [1.82, 2.24) is 4.98 Å². The minimum absolute atomic E-state index is 0.0748. The Labute approximate surface area is 123 Å². The monoisotopic (exact) mass is 308 g/mol. The summed E-state index contributed by atoms with van der Waals surface area (Å²) in [4.78, 5) is 26.5. The van der Waals surface area contributed by atoms with Crippen LogP contribution in [0.15, 0.2) is 23.6 Å². The fourth-order valence-corrected chi connectivity index (χ4v) is 2.30. The van der Waals surface area contributed by atoms with Crippen LogP contribution < -0.4 is 10.1 Å². The van der Waals surface area contributed by atoms with Gasteiger partial charge in [0.15, 0.2) is 5.13 Å². The van der Waals surface area contributed by atoms with Crippen LogP contribution >= 0.6 is 11.3 Å². The van der Waals surface area contributed by atoms with E-state index in [1.54, 1.807) is 11.4 Å². The fourth-order valence-electron chi connectivity index (χ4n) is 1.60. The van der Waals surface area contributed by atoms with Gasteiger partial charge < -0.3 is 14.9 Å². The number of benzene rings is 1. The Balaban J connectivity index is 2.10. The first kappa shape index (κ1) is 14.8. The Hall–Kier alpha value is -2.61. The fraction of sp³-hybridized carbons (Fsp3) is 0.154. The SMILES string of the molecule is COc1ccc(C(=O)Nc2nc(CC(=O)O)cs2)c(O)c1. The second kappa shape index (κ2) is 6.23. The summed E-state index contributed by atoms with van der Waals surface area (Å²) in [5.41, 5.74) is 0.438. The van der Waals surface area contributed by atoms with Crippen molar-refractivity contribution in [2.24, 2.45) is 0 Å². The summed E-state index contributed by atoms with van der Waals surface area (Å²) >= 11 is 1.12. The molecule has 1 aromatic heterocycles. The molecule has 0 aliphatic carbocycles. The normalized spacial score (nSPS) is 10.1. The van der Waals surface area contributed by atoms with Crippen LogP contribution in [-0.4, -0.2) is 34.2 Å². The third-order valence-electron chi connectivity index (χ3n) is 2.55. The number of thiazole rings is 1. The average Bonchev–Trinajstić information content (AvgIpc) is 2.84. The predicted molar refractivity (Wildman–Crippen MR) is 76.1 cm³/mol. The van der Waals surface area contributed by atoms with Crippen molar-refractivity contribution in [1.29, 1.82) is 0 Å². The highest BCUT2D eigenvalue weighted by molar-refractivity contribution is 7.14. The number of rotatable bonds is 5. The molecule has 8 heteroatoms. The predicted octanol–water partition coefficient (Wildman–Crippen LogP) is 1.74. The van der Waals surface area contributed by atoms with Gasteiger partial charge >= 0.3 is 5.97 Å². The summed E-state index contributed by atoms with van der Waals surface area (Å²) in [6.07, 6.45) is -0.208. The molecule has 110 valence electrons. The standard InChI is InChI=1S/C13H12N2O5S/c1-20-8-2-3-9(10(16)5-8)12(19)15-13-14-7(6-21-13)4-11(17)18/h2-3,5-6,16H,4H2,1H3,(H,17,18)(H,14,15,19). The lowest BCUT2D eigenvalue weighted by molar-refractivity contribution is -0.136. The summed E-state index contributed by atoms with van der Waals surface area (Å²) in [7, 11) is 1.45. The largest absolute Gasteiger partial charge is 0.507 e. The number of hydrogen-bond acceptors (Lipinski definition) is 6. The number of carbonyl (C=O) groups is 2. The van der Waals surface area contributed by atoms with Gasteiger partial charge in [0.1, 0.15) is 11.5 Å². The highest BCUT2D eigenvalue weighted by atomic mass is 32.1. The van der Waals surface area contributed by atoms with Gasteiger partial charge in [0.05, 0.1) is 24.8 Å². The van der Waals surface area contributed by atoms with Crippen molar-refractivity contribution in [3.63, 3.8) is 0 Å². The molecule has 1 amide bonds. The number of aromatic hydroxyl groups is 1. The number of carbonyl (C=O) groups excluding carboxylic acids is 1. The quantitative estimate of drug-likeness (QED) is 0.776. The second-order valence-corrected chi connectivity index (χ2v) is 4.91. The molecule has 0 bridgehead atoms. The van der Waals surface area contributed by atoms with Crippen LogP contribution in [0, 0.1) is 0 Å². The summed E-state index contributed by atoms with van der Waals surface area (Å²) in [6.45, 7) is 0. The lowest BCUT2D eigenvalue weighted by Gasteiger charge is -2.06. The summed E-state index contributed by atoms with van der Waals surface area (Å²) in [5, 5.41) is 22.7. The van der Waals surface area contributed by atoms with Crippen LogP contribution in [0.5, 0.6) is 11.5 Å². The summed E-state index contributed by atoms with van der Waals surface area (Å²) < 4.78 is 4.93. The van der Waals surface area contributed by atoms with E-state index in [-0.39, 0.29) is 22.9 Å². The van der Waals surface area contributed by atoms with Gasteiger partial charge in [0.25, 0.3) is 5.91 Å². The number of methoxy groups -OCH3 is 1. The van der Waals surface area contributed by atoms with Gasteiger partial charge in [-0.05, 0) is 12.1 Å². The molecule has 0 atom stereocenters. The molecular formula is C13H12N2O5S. The van der Waals surface area contributed by atoms with Crippen LogP contribution in [0.2, 0.25) is 0 Å². The number of aromatic nitrogens is 1. The van der Waals surface area contributed by atoms with Gasteiger partial charge in [-0.15, -0.1) is 11.3 Å². The molecule has 2 aromatic rings. The molecule has 3 N–H and O–H groups in total. The number of amides is 1. The summed E-state index contributed by atoms with van der Waals surface area (Å²) in [6, 6.07) is 4.30. The van der Waals surface area contributed by atoms with E-state index < -0.39 is 11.9 Å². The Bertz CT molecular complexity index is 683. The van der Waals surface area contributed by atoms with E-state index >= 15 is 0 Å². The Morgan fingerprint density at radius 3 is 2.81 bits per heavy atom. The van der Waals surface area contributed by atoms with Crippen molar-refractivity contribution in [2.75, 3.05) is 12.4 Å². The van der Waals surface area contributed by atoms with Crippen molar-refractivity contribution in [2.45, 2.75) is 6.42 Å². The molecule has 0 aliphatic heterocycles. The van der Waals surface area contributed by atoms with Crippen molar-refractivity contribution in [3.8, 4) is 11.5 Å². The number of nitrogens with zero attached hydrogens (tertiary/aromatic N) is 1. The molecule has 0 unspecified atom stereocenters. The number of hydrogen-bond donors (Lipinski definition) is 3. The first-order valence-corrected chi connectivity index (χ1v) is 6.72. The third kappa shape index (κ3) is 3.69. The van der Waals surface area contributed by atoms with Crippen molar-refractivity contribution >= 4 is 28.3 Å². The van der Waals surface area contributed by atoms with Crippen LogP contribution in [0.1, 0.15) is 16.1 Å². The third-order valence-corrected chi connectivity index (χ3v) is 3.36. The molecule has 0 aliphatic rings. The zero-order chi connectivity index (χ0) is 15.4. The maximum absolute atomic E-state index is 12.0. The number of ether oxygens (including phenoxy) is 1. The second-order valence-electron chi connectivity index (χ2n) is 4.05. The number of carboxylic acids is 1. The van der Waals surface area contributed by atoms with E-state index in [0.29, 0.717) is 11.4 Å². The van der Waals surface area contributed by atoms with Gasteiger partial charge in [-0.1, -0.05) is 0 Å². The average molecular weight is 308 g/mol. The molecule has 0 radical (unpaired) electrons. The van der Waals surface area contributed by atoms with Gasteiger partial charge in [0.2, 0.25) is 0 Å². The molecular weight excluding hydrogens is 296 g/mol. The minimum atomic E-state index is -0.994. The molecule has 1 heterocycles. The van der Waals surface area contributed by atoms with Gasteiger partial charge in [-0.3, -0.25) is 14.9 Å². The number of nitrogens with one attached hydrogen (secondary N) is 1. The van der Waals surface area contributed by atoms with Crippen molar-refractivity contribution < 1.29 is 24.5 Å². The maximum atomic E-state index is 12.0. The molecule has 2 rings (SSSR count). The number of phenolic OH excluding ortho intramolecular Hbond substituents is 1. The first-order chi connectivity index (χ1) is 9.99. The Kier molecular flexibility index (Phi) is 4.39. The molecule has 0 saturated heterocycles. The van der Waals surface area contributed by atoms with Crippen LogP contribution in [0.25, 0.3) is 0 Å². The van der Waals surface area contributed by atoms with Crippen molar-refractivity contribution in [3.05, 3.63) is 34.8 Å². The molecule has 0 spiro atoms. The molecule has 0 saturated carbocycles. The smallest absolute Gasteiger partial charge is 0.309 e. The summed E-state index contributed by atoms with van der Waals surface area (Å²) in [5.74, 6) is -1.31. The number of phenols is 1. The highest BCUT2D eigenvalue weighted by Crippen LogP contribution is 2.25. The minimum Gasteiger partial charge on any atom is -0.507 e.